The van der Waals surface area contributed by atoms with Gasteiger partial charge in [-0.1, -0.05) is 0 Å². The van der Waals surface area contributed by atoms with Crippen molar-refractivity contribution in [1.29, 1.82) is 0 Å². The molecule has 1 heterocycles. The average Bonchev–Trinajstić information content (AvgIpc) is 2.06. The fraction of sp³-hybridized carbons (Fsp3) is 0.429. The second-order valence-corrected chi connectivity index (χ2v) is 2.13. The molecule has 0 aromatic carbocycles. The molecular formula is C7H12N4. The molecule has 60 valence electrons. The van der Waals surface area contributed by atoms with Crippen LogP contribution in [0.15, 0.2) is 12.4 Å². The predicted octanol–water partition coefficient (Wildman–Crippen LogP) is 0.238. The molecule has 0 aliphatic rings. The standard InChI is InChI=1S/C7H12N4/c1-8-5-6-7(9-2)11-4-3-10-6/h3-4,8H,5H2,1-2H3,(H,9,11). The van der Waals surface area contributed by atoms with Crippen LogP contribution in [0.1, 0.15) is 5.69 Å². The average molecular weight is 152 g/mol. The predicted molar refractivity (Wildman–Crippen MR) is 44.3 cm³/mol. The van der Waals surface area contributed by atoms with Gasteiger partial charge in [0.25, 0.3) is 0 Å². The molecule has 0 saturated carbocycles. The smallest absolute Gasteiger partial charge is 0.148 e. The van der Waals surface area contributed by atoms with E-state index in [0.29, 0.717) is 0 Å². The zero-order valence-corrected chi connectivity index (χ0v) is 6.76. The number of rotatable bonds is 3. The van der Waals surface area contributed by atoms with Gasteiger partial charge in [0.1, 0.15) is 5.82 Å². The highest BCUT2D eigenvalue weighted by Gasteiger charge is 1.99. The first-order valence-corrected chi connectivity index (χ1v) is 3.50. The van der Waals surface area contributed by atoms with Crippen LogP contribution in [-0.2, 0) is 6.54 Å². The maximum Gasteiger partial charge on any atom is 0.148 e. The molecule has 4 nitrogen and oxygen atoms in total. The summed E-state index contributed by atoms with van der Waals surface area (Å²) in [4.78, 5) is 8.25. The molecule has 0 amide bonds. The van der Waals surface area contributed by atoms with Crippen molar-refractivity contribution in [2.24, 2.45) is 0 Å². The zero-order chi connectivity index (χ0) is 8.10. The summed E-state index contributed by atoms with van der Waals surface area (Å²) in [5, 5.41) is 5.98. The molecule has 0 bridgehead atoms. The first kappa shape index (κ1) is 7.94. The van der Waals surface area contributed by atoms with Crippen LogP contribution in [-0.4, -0.2) is 24.1 Å². The number of anilines is 1. The van der Waals surface area contributed by atoms with Gasteiger partial charge in [0.05, 0.1) is 5.69 Å². The highest BCUT2D eigenvalue weighted by atomic mass is 15.0. The molecular weight excluding hydrogens is 140 g/mol. The van der Waals surface area contributed by atoms with E-state index in [0.717, 1.165) is 18.1 Å². The Labute approximate surface area is 66.1 Å². The molecule has 4 heteroatoms. The number of hydrogen-bond donors (Lipinski definition) is 2. The van der Waals surface area contributed by atoms with Crippen molar-refractivity contribution in [3.05, 3.63) is 18.1 Å². The number of hydrogen-bond acceptors (Lipinski definition) is 4. The highest BCUT2D eigenvalue weighted by molar-refractivity contribution is 5.38. The van der Waals surface area contributed by atoms with Crippen LogP contribution >= 0.6 is 0 Å². The molecule has 0 radical (unpaired) electrons. The monoisotopic (exact) mass is 152 g/mol. The first-order valence-electron chi connectivity index (χ1n) is 3.50. The Kier molecular flexibility index (Phi) is 2.80. The van der Waals surface area contributed by atoms with Crippen molar-refractivity contribution in [3.8, 4) is 0 Å². The molecule has 0 aliphatic heterocycles. The summed E-state index contributed by atoms with van der Waals surface area (Å²) < 4.78 is 0. The minimum Gasteiger partial charge on any atom is -0.372 e. The Morgan fingerprint density at radius 3 is 2.64 bits per heavy atom. The fourth-order valence-electron chi connectivity index (χ4n) is 0.872. The van der Waals surface area contributed by atoms with Gasteiger partial charge < -0.3 is 10.6 Å². The molecule has 0 aliphatic carbocycles. The Morgan fingerprint density at radius 1 is 1.27 bits per heavy atom. The minimum atomic E-state index is 0.740. The lowest BCUT2D eigenvalue weighted by molar-refractivity contribution is 0.787. The van der Waals surface area contributed by atoms with Crippen molar-refractivity contribution in [3.63, 3.8) is 0 Å². The number of nitrogens with zero attached hydrogens (tertiary/aromatic N) is 2. The van der Waals surface area contributed by atoms with Gasteiger partial charge in [0, 0.05) is 26.0 Å². The van der Waals surface area contributed by atoms with Crippen molar-refractivity contribution in [1.82, 2.24) is 15.3 Å². The lowest BCUT2D eigenvalue weighted by Gasteiger charge is -2.04. The molecule has 2 N–H and O–H groups in total. The number of aromatic nitrogens is 2. The van der Waals surface area contributed by atoms with E-state index in [4.69, 9.17) is 0 Å². The fourth-order valence-corrected chi connectivity index (χ4v) is 0.872. The molecule has 0 spiro atoms. The summed E-state index contributed by atoms with van der Waals surface area (Å²) in [5.41, 5.74) is 0.942. The number of nitrogens with one attached hydrogen (secondary N) is 2. The molecule has 0 unspecified atom stereocenters. The maximum absolute atomic E-state index is 4.15. The van der Waals surface area contributed by atoms with Gasteiger partial charge in [0.15, 0.2) is 0 Å². The van der Waals surface area contributed by atoms with Crippen molar-refractivity contribution < 1.29 is 0 Å². The van der Waals surface area contributed by atoms with Crippen molar-refractivity contribution in [2.75, 3.05) is 19.4 Å². The van der Waals surface area contributed by atoms with E-state index < -0.39 is 0 Å². The first-order chi connectivity index (χ1) is 5.38. The van der Waals surface area contributed by atoms with Gasteiger partial charge in [-0.2, -0.15) is 0 Å². The van der Waals surface area contributed by atoms with Crippen LogP contribution in [0, 0.1) is 0 Å². The van der Waals surface area contributed by atoms with E-state index >= 15 is 0 Å². The summed E-state index contributed by atoms with van der Waals surface area (Å²) in [5.74, 6) is 0.835. The topological polar surface area (TPSA) is 49.8 Å². The molecule has 1 aromatic heterocycles. The zero-order valence-electron chi connectivity index (χ0n) is 6.76. The molecule has 0 fully saturated rings. The summed E-state index contributed by atoms with van der Waals surface area (Å²) in [7, 11) is 3.72. The van der Waals surface area contributed by atoms with Gasteiger partial charge in [-0.25, -0.2) is 4.98 Å². The Morgan fingerprint density at radius 2 is 2.00 bits per heavy atom. The second kappa shape index (κ2) is 3.88. The molecule has 1 rings (SSSR count). The second-order valence-electron chi connectivity index (χ2n) is 2.13. The van der Waals surface area contributed by atoms with Gasteiger partial charge in [-0.05, 0) is 7.05 Å². The molecule has 0 atom stereocenters. The third kappa shape index (κ3) is 1.88. The minimum absolute atomic E-state index is 0.740. The summed E-state index contributed by atoms with van der Waals surface area (Å²) in [6, 6.07) is 0. The van der Waals surface area contributed by atoms with Crippen LogP contribution in [0.25, 0.3) is 0 Å². The summed E-state index contributed by atoms with van der Waals surface area (Å²) in [6.07, 6.45) is 3.36. The summed E-state index contributed by atoms with van der Waals surface area (Å²) in [6.45, 7) is 0.740. The Bertz CT molecular complexity index is 223. The van der Waals surface area contributed by atoms with Gasteiger partial charge >= 0.3 is 0 Å². The van der Waals surface area contributed by atoms with E-state index in [1.165, 1.54) is 0 Å². The van der Waals surface area contributed by atoms with E-state index in [1.54, 1.807) is 12.4 Å². The van der Waals surface area contributed by atoms with E-state index in [1.807, 2.05) is 14.1 Å². The Hall–Kier alpha value is -1.16. The molecule has 11 heavy (non-hydrogen) atoms. The van der Waals surface area contributed by atoms with Gasteiger partial charge in [-0.3, -0.25) is 4.98 Å². The lowest BCUT2D eigenvalue weighted by Crippen LogP contribution is -2.10. The summed E-state index contributed by atoms with van der Waals surface area (Å²) >= 11 is 0. The van der Waals surface area contributed by atoms with Crippen LogP contribution in [0.4, 0.5) is 5.82 Å². The third-order valence-electron chi connectivity index (χ3n) is 1.36. The highest BCUT2D eigenvalue weighted by Crippen LogP contribution is 2.05. The van der Waals surface area contributed by atoms with Crippen molar-refractivity contribution in [2.45, 2.75) is 6.54 Å². The third-order valence-corrected chi connectivity index (χ3v) is 1.36. The van der Waals surface area contributed by atoms with E-state index in [2.05, 4.69) is 20.6 Å². The van der Waals surface area contributed by atoms with Gasteiger partial charge in [0.2, 0.25) is 0 Å². The van der Waals surface area contributed by atoms with E-state index in [-0.39, 0.29) is 0 Å². The van der Waals surface area contributed by atoms with Crippen LogP contribution < -0.4 is 10.6 Å². The van der Waals surface area contributed by atoms with E-state index in [9.17, 15) is 0 Å². The van der Waals surface area contributed by atoms with Crippen LogP contribution in [0.3, 0.4) is 0 Å². The lowest BCUT2D eigenvalue weighted by atomic mass is 10.4. The van der Waals surface area contributed by atoms with Crippen molar-refractivity contribution >= 4 is 5.82 Å². The SMILES string of the molecule is CNCc1nccnc1NC. The quantitative estimate of drug-likeness (QED) is 0.651. The molecule has 1 aromatic rings. The van der Waals surface area contributed by atoms with Gasteiger partial charge in [-0.15, -0.1) is 0 Å². The Balaban J connectivity index is 2.83. The van der Waals surface area contributed by atoms with Crippen LogP contribution in [0.5, 0.6) is 0 Å². The normalized spacial score (nSPS) is 9.64. The van der Waals surface area contributed by atoms with Crippen LogP contribution in [0.2, 0.25) is 0 Å². The maximum atomic E-state index is 4.15. The molecule has 0 saturated heterocycles. The largest absolute Gasteiger partial charge is 0.372 e.